The lowest BCUT2D eigenvalue weighted by atomic mass is 9.74. The van der Waals surface area contributed by atoms with Crippen LogP contribution in [0.25, 0.3) is 0 Å². The van der Waals surface area contributed by atoms with E-state index in [1.54, 1.807) is 24.2 Å². The second-order valence-electron chi connectivity index (χ2n) is 8.82. The number of hydrogen-bond acceptors (Lipinski definition) is 4. The smallest absolute Gasteiger partial charge is 0.271 e. The summed E-state index contributed by atoms with van der Waals surface area (Å²) >= 11 is 0. The Hall–Kier alpha value is -2.18. The van der Waals surface area contributed by atoms with Crippen molar-refractivity contribution in [2.45, 2.75) is 68.8 Å². The van der Waals surface area contributed by atoms with Crippen molar-refractivity contribution in [2.24, 2.45) is 0 Å². The summed E-state index contributed by atoms with van der Waals surface area (Å²) in [5, 5.41) is 18.0. The molecule has 0 radical (unpaired) electrons. The minimum atomic E-state index is -0.766. The van der Waals surface area contributed by atoms with E-state index >= 15 is 0 Å². The van der Waals surface area contributed by atoms with E-state index in [0.717, 1.165) is 19.3 Å². The molecule has 0 saturated carbocycles. The van der Waals surface area contributed by atoms with Crippen LogP contribution in [0.1, 0.15) is 61.5 Å². The molecule has 2 aliphatic rings. The van der Waals surface area contributed by atoms with Crippen LogP contribution in [0.2, 0.25) is 0 Å². The standard InChI is InChI=1S/C22H29N3O3/c1-21-11-9-18(25(3)20(27)17-10-12-23-24-17)19(26)22(2,28-21)14-16(13-21)15-7-5-4-6-8-15/h4-8,10,12,16,18-19,26H,9,11,13-14H2,1-3H3,(H,23,24)/t16-,18-,19+,21-,22-/m0/s1. The summed E-state index contributed by atoms with van der Waals surface area (Å²) in [6.07, 6.45) is 3.95. The number of aromatic nitrogens is 2. The Balaban J connectivity index is 1.62. The predicted molar refractivity (Wildman–Crippen MR) is 106 cm³/mol. The molecule has 1 aromatic carbocycles. The molecule has 2 saturated heterocycles. The van der Waals surface area contributed by atoms with E-state index in [2.05, 4.69) is 41.4 Å². The van der Waals surface area contributed by atoms with Crippen molar-refractivity contribution < 1.29 is 14.6 Å². The minimum Gasteiger partial charge on any atom is -0.388 e. The summed E-state index contributed by atoms with van der Waals surface area (Å²) in [5.74, 6) is 0.165. The molecule has 2 aliphatic heterocycles. The van der Waals surface area contributed by atoms with Gasteiger partial charge >= 0.3 is 0 Å². The van der Waals surface area contributed by atoms with Crippen LogP contribution in [-0.4, -0.2) is 56.5 Å². The van der Waals surface area contributed by atoms with Crippen LogP contribution in [0.5, 0.6) is 0 Å². The van der Waals surface area contributed by atoms with Gasteiger partial charge in [0.15, 0.2) is 0 Å². The molecule has 2 aromatic rings. The van der Waals surface area contributed by atoms with Gasteiger partial charge in [-0.05, 0) is 57.1 Å². The van der Waals surface area contributed by atoms with Gasteiger partial charge in [-0.1, -0.05) is 30.3 Å². The number of ether oxygens (including phenoxy) is 1. The highest BCUT2D eigenvalue weighted by Crippen LogP contribution is 2.50. The molecule has 0 unspecified atom stereocenters. The highest BCUT2D eigenvalue weighted by Gasteiger charge is 2.54. The van der Waals surface area contributed by atoms with Gasteiger partial charge in [0.1, 0.15) is 11.8 Å². The lowest BCUT2D eigenvalue weighted by Gasteiger charge is -2.49. The number of carbonyl (C=O) groups is 1. The first kappa shape index (κ1) is 19.2. The zero-order valence-corrected chi connectivity index (χ0v) is 16.8. The van der Waals surface area contributed by atoms with Gasteiger partial charge in [-0.15, -0.1) is 0 Å². The molecule has 28 heavy (non-hydrogen) atoms. The molecule has 0 aliphatic carbocycles. The molecule has 0 spiro atoms. The maximum absolute atomic E-state index is 12.8. The van der Waals surface area contributed by atoms with Crippen LogP contribution < -0.4 is 0 Å². The first-order valence-corrected chi connectivity index (χ1v) is 10.0. The van der Waals surface area contributed by atoms with Crippen molar-refractivity contribution in [3.05, 3.63) is 53.9 Å². The number of aliphatic hydroxyl groups is 1. The van der Waals surface area contributed by atoms with E-state index in [0.29, 0.717) is 18.0 Å². The first-order valence-electron chi connectivity index (χ1n) is 10.0. The second kappa shape index (κ2) is 7.01. The minimum absolute atomic E-state index is 0.161. The number of fused-ring (bicyclic) bond motifs is 2. The third kappa shape index (κ3) is 3.35. The molecule has 4 rings (SSSR count). The summed E-state index contributed by atoms with van der Waals surface area (Å²) in [4.78, 5) is 14.5. The number of aliphatic hydroxyl groups excluding tert-OH is 1. The first-order chi connectivity index (χ1) is 13.3. The summed E-state index contributed by atoms with van der Waals surface area (Å²) in [7, 11) is 1.76. The number of nitrogens with zero attached hydrogens (tertiary/aromatic N) is 2. The number of rotatable bonds is 3. The highest BCUT2D eigenvalue weighted by atomic mass is 16.5. The number of carbonyl (C=O) groups excluding carboxylic acids is 1. The van der Waals surface area contributed by atoms with Gasteiger partial charge in [-0.2, -0.15) is 5.10 Å². The Morgan fingerprint density at radius 2 is 2.00 bits per heavy atom. The number of likely N-dealkylation sites (N-methyl/N-ethyl adjacent to an activating group) is 1. The topological polar surface area (TPSA) is 78.5 Å². The molecule has 2 fully saturated rings. The second-order valence-corrected chi connectivity index (χ2v) is 8.82. The predicted octanol–water partition coefficient (Wildman–Crippen LogP) is 3.12. The van der Waals surface area contributed by atoms with E-state index in [1.165, 1.54) is 5.56 Å². The van der Waals surface area contributed by atoms with Crippen molar-refractivity contribution in [1.82, 2.24) is 15.1 Å². The Labute approximate surface area is 165 Å². The number of nitrogens with one attached hydrogen (secondary N) is 1. The lowest BCUT2D eigenvalue weighted by Crippen LogP contribution is -2.57. The zero-order chi connectivity index (χ0) is 19.9. The number of benzene rings is 1. The van der Waals surface area contributed by atoms with Crippen molar-refractivity contribution in [3.63, 3.8) is 0 Å². The van der Waals surface area contributed by atoms with Crippen LogP contribution in [0, 0.1) is 0 Å². The van der Waals surface area contributed by atoms with Crippen LogP contribution in [0.15, 0.2) is 42.6 Å². The van der Waals surface area contributed by atoms with E-state index < -0.39 is 11.7 Å². The SMILES string of the molecule is CN(C(=O)c1ccn[nH]1)[C@H]1CC[C@@]2(C)C[C@H](c3ccccc3)C[C@](C)(O2)[C@@H]1O. The molecular weight excluding hydrogens is 354 g/mol. The molecule has 150 valence electrons. The average molecular weight is 383 g/mol. The van der Waals surface area contributed by atoms with Crippen LogP contribution in [0.3, 0.4) is 0 Å². The van der Waals surface area contributed by atoms with Crippen molar-refractivity contribution in [2.75, 3.05) is 7.05 Å². The monoisotopic (exact) mass is 383 g/mol. The van der Waals surface area contributed by atoms with Gasteiger partial charge < -0.3 is 14.7 Å². The lowest BCUT2D eigenvalue weighted by molar-refractivity contribution is -0.214. The molecule has 2 bridgehead atoms. The molecule has 2 N–H and O–H groups in total. The maximum atomic E-state index is 12.8. The molecule has 1 aromatic heterocycles. The molecular formula is C22H29N3O3. The molecule has 6 nitrogen and oxygen atoms in total. The van der Waals surface area contributed by atoms with Gasteiger partial charge in [0.05, 0.1) is 17.2 Å². The van der Waals surface area contributed by atoms with Crippen LogP contribution in [0.4, 0.5) is 0 Å². The largest absolute Gasteiger partial charge is 0.388 e. The zero-order valence-electron chi connectivity index (χ0n) is 16.8. The molecule has 1 amide bonds. The third-order valence-electron chi connectivity index (χ3n) is 6.59. The summed E-state index contributed by atoms with van der Waals surface area (Å²) in [6.45, 7) is 4.14. The fraction of sp³-hybridized carbons (Fsp3) is 0.545. The van der Waals surface area contributed by atoms with E-state index in [-0.39, 0.29) is 17.6 Å². The average Bonchev–Trinajstić information content (AvgIpc) is 3.19. The van der Waals surface area contributed by atoms with Crippen LogP contribution >= 0.6 is 0 Å². The molecule has 6 heteroatoms. The van der Waals surface area contributed by atoms with Crippen molar-refractivity contribution >= 4 is 5.91 Å². The van der Waals surface area contributed by atoms with Gasteiger partial charge in [-0.25, -0.2) is 0 Å². The van der Waals surface area contributed by atoms with Gasteiger partial charge in [0.25, 0.3) is 5.91 Å². The van der Waals surface area contributed by atoms with Gasteiger partial charge in [0.2, 0.25) is 0 Å². The Kier molecular flexibility index (Phi) is 4.79. The quantitative estimate of drug-likeness (QED) is 0.854. The number of hydrogen-bond donors (Lipinski definition) is 2. The normalized spacial score (nSPS) is 35.2. The third-order valence-corrected chi connectivity index (χ3v) is 6.59. The van der Waals surface area contributed by atoms with Gasteiger partial charge in [0, 0.05) is 13.2 Å². The molecule has 5 atom stereocenters. The Bertz CT molecular complexity index is 825. The Morgan fingerprint density at radius 3 is 2.68 bits per heavy atom. The fourth-order valence-corrected chi connectivity index (χ4v) is 5.16. The van der Waals surface area contributed by atoms with Crippen LogP contribution in [-0.2, 0) is 4.74 Å². The Morgan fingerprint density at radius 1 is 1.25 bits per heavy atom. The summed E-state index contributed by atoms with van der Waals surface area (Å²) < 4.78 is 6.53. The van der Waals surface area contributed by atoms with E-state index in [9.17, 15) is 9.90 Å². The number of aromatic amines is 1. The number of H-pyrrole nitrogens is 1. The summed E-state index contributed by atoms with van der Waals surface area (Å²) in [5.41, 5.74) is 0.690. The van der Waals surface area contributed by atoms with Crippen molar-refractivity contribution in [1.29, 1.82) is 0 Å². The maximum Gasteiger partial charge on any atom is 0.271 e. The van der Waals surface area contributed by atoms with Crippen molar-refractivity contribution in [3.8, 4) is 0 Å². The highest BCUT2D eigenvalue weighted by molar-refractivity contribution is 5.92. The summed E-state index contributed by atoms with van der Waals surface area (Å²) in [6, 6.07) is 11.8. The van der Waals surface area contributed by atoms with E-state index in [4.69, 9.17) is 4.74 Å². The fourth-order valence-electron chi connectivity index (χ4n) is 5.16. The van der Waals surface area contributed by atoms with E-state index in [1.807, 2.05) is 13.0 Å². The van der Waals surface area contributed by atoms with Gasteiger partial charge in [-0.3, -0.25) is 9.89 Å². The number of amides is 1. The molecule has 3 heterocycles.